The van der Waals surface area contributed by atoms with Gasteiger partial charge in [0.25, 0.3) is 0 Å². The van der Waals surface area contributed by atoms with Crippen molar-refractivity contribution in [2.24, 2.45) is 0 Å². The summed E-state index contributed by atoms with van der Waals surface area (Å²) in [6.07, 6.45) is 3.32. The van der Waals surface area contributed by atoms with Gasteiger partial charge >= 0.3 is 0 Å². The Hall–Kier alpha value is -0.710. The van der Waals surface area contributed by atoms with Crippen molar-refractivity contribution in [3.63, 3.8) is 0 Å². The molecule has 0 aliphatic heterocycles. The summed E-state index contributed by atoms with van der Waals surface area (Å²) in [4.78, 5) is 2.35. The Morgan fingerprint density at radius 2 is 2.00 bits per heavy atom. The summed E-state index contributed by atoms with van der Waals surface area (Å²) in [5, 5.41) is 3.40. The maximum absolute atomic E-state index is 5.82. The SMILES string of the molecule is CCCNCc1ccc(OCCN(C)C(C)CSC)cc1. The zero-order valence-electron chi connectivity index (χ0n) is 13.9. The van der Waals surface area contributed by atoms with E-state index in [0.29, 0.717) is 6.04 Å². The van der Waals surface area contributed by atoms with E-state index in [2.05, 4.69) is 61.6 Å². The third-order valence-corrected chi connectivity index (χ3v) is 4.37. The number of hydrogen-bond donors (Lipinski definition) is 1. The van der Waals surface area contributed by atoms with Crippen LogP contribution >= 0.6 is 11.8 Å². The first kappa shape index (κ1) is 18.3. The van der Waals surface area contributed by atoms with Crippen LogP contribution in [0, 0.1) is 0 Å². The average Bonchev–Trinajstić information content (AvgIpc) is 2.49. The largest absolute Gasteiger partial charge is 0.492 e. The van der Waals surface area contributed by atoms with Gasteiger partial charge < -0.3 is 10.1 Å². The van der Waals surface area contributed by atoms with Crippen LogP contribution in [0.3, 0.4) is 0 Å². The van der Waals surface area contributed by atoms with Gasteiger partial charge in [-0.05, 0) is 50.9 Å². The second kappa shape index (κ2) is 10.9. The van der Waals surface area contributed by atoms with Gasteiger partial charge in [0.2, 0.25) is 0 Å². The minimum absolute atomic E-state index is 0.593. The molecule has 1 rings (SSSR count). The van der Waals surface area contributed by atoms with Crippen LogP contribution in [0.5, 0.6) is 5.75 Å². The molecular formula is C17H30N2OS. The molecule has 0 radical (unpaired) electrons. The van der Waals surface area contributed by atoms with Crippen LogP contribution in [0.1, 0.15) is 25.8 Å². The Balaban J connectivity index is 2.26. The summed E-state index contributed by atoms with van der Waals surface area (Å²) in [7, 11) is 2.16. The quantitative estimate of drug-likeness (QED) is 0.634. The summed E-state index contributed by atoms with van der Waals surface area (Å²) >= 11 is 1.89. The first-order valence-electron chi connectivity index (χ1n) is 7.79. The van der Waals surface area contributed by atoms with E-state index in [0.717, 1.165) is 37.7 Å². The van der Waals surface area contributed by atoms with Crippen molar-refractivity contribution in [2.45, 2.75) is 32.9 Å². The van der Waals surface area contributed by atoms with E-state index in [1.807, 2.05) is 11.8 Å². The van der Waals surface area contributed by atoms with Gasteiger partial charge in [0.1, 0.15) is 12.4 Å². The molecule has 0 fully saturated rings. The molecule has 0 aromatic heterocycles. The van der Waals surface area contributed by atoms with E-state index >= 15 is 0 Å². The van der Waals surface area contributed by atoms with Gasteiger partial charge in [0.05, 0.1) is 0 Å². The van der Waals surface area contributed by atoms with Crippen molar-refractivity contribution in [3.05, 3.63) is 29.8 Å². The van der Waals surface area contributed by atoms with Crippen LogP contribution < -0.4 is 10.1 Å². The van der Waals surface area contributed by atoms with Crippen molar-refractivity contribution in [1.82, 2.24) is 10.2 Å². The number of thioether (sulfide) groups is 1. The molecule has 0 amide bonds. The fourth-order valence-corrected chi connectivity index (χ4v) is 2.75. The normalized spacial score (nSPS) is 12.6. The molecule has 120 valence electrons. The fourth-order valence-electron chi connectivity index (χ4n) is 2.01. The summed E-state index contributed by atoms with van der Waals surface area (Å²) in [6, 6.07) is 8.99. The Kier molecular flexibility index (Phi) is 9.55. The number of likely N-dealkylation sites (N-methyl/N-ethyl adjacent to an activating group) is 1. The molecule has 0 saturated heterocycles. The van der Waals surface area contributed by atoms with E-state index in [4.69, 9.17) is 4.74 Å². The van der Waals surface area contributed by atoms with Crippen LogP contribution in [0.15, 0.2) is 24.3 Å². The van der Waals surface area contributed by atoms with Gasteiger partial charge in [-0.1, -0.05) is 19.1 Å². The highest BCUT2D eigenvalue weighted by Crippen LogP contribution is 2.12. The molecule has 1 unspecified atom stereocenters. The molecule has 1 atom stereocenters. The lowest BCUT2D eigenvalue weighted by molar-refractivity contribution is 0.210. The third-order valence-electron chi connectivity index (χ3n) is 3.55. The predicted molar refractivity (Wildman–Crippen MR) is 94.4 cm³/mol. The second-order valence-corrected chi connectivity index (χ2v) is 6.36. The van der Waals surface area contributed by atoms with Gasteiger partial charge in [-0.15, -0.1) is 0 Å². The Morgan fingerprint density at radius 1 is 1.29 bits per heavy atom. The Labute approximate surface area is 134 Å². The first-order chi connectivity index (χ1) is 10.2. The van der Waals surface area contributed by atoms with Crippen molar-refractivity contribution in [1.29, 1.82) is 0 Å². The molecule has 1 N–H and O–H groups in total. The number of rotatable bonds is 11. The summed E-state index contributed by atoms with van der Waals surface area (Å²) in [6.45, 7) is 8.14. The van der Waals surface area contributed by atoms with Crippen LogP contribution in [-0.4, -0.2) is 49.7 Å². The van der Waals surface area contributed by atoms with Crippen LogP contribution in [0.2, 0.25) is 0 Å². The fraction of sp³-hybridized carbons (Fsp3) is 0.647. The van der Waals surface area contributed by atoms with Crippen LogP contribution in [0.25, 0.3) is 0 Å². The molecule has 0 aliphatic rings. The van der Waals surface area contributed by atoms with Crippen molar-refractivity contribution >= 4 is 11.8 Å². The molecule has 4 heteroatoms. The highest BCUT2D eigenvalue weighted by Gasteiger charge is 2.07. The number of benzene rings is 1. The van der Waals surface area contributed by atoms with E-state index in [-0.39, 0.29) is 0 Å². The highest BCUT2D eigenvalue weighted by molar-refractivity contribution is 7.98. The standard InChI is InChI=1S/C17H30N2OS/c1-5-10-18-13-16-6-8-17(9-7-16)20-12-11-19(3)15(2)14-21-4/h6-9,15,18H,5,10-14H2,1-4H3. The molecule has 21 heavy (non-hydrogen) atoms. The maximum atomic E-state index is 5.82. The second-order valence-electron chi connectivity index (χ2n) is 5.45. The smallest absolute Gasteiger partial charge is 0.119 e. The lowest BCUT2D eigenvalue weighted by atomic mass is 10.2. The Bertz CT molecular complexity index is 370. The van der Waals surface area contributed by atoms with E-state index in [1.165, 1.54) is 12.0 Å². The minimum Gasteiger partial charge on any atom is -0.492 e. The zero-order valence-corrected chi connectivity index (χ0v) is 14.7. The molecular weight excluding hydrogens is 280 g/mol. The molecule has 0 bridgehead atoms. The lowest BCUT2D eigenvalue weighted by Crippen LogP contribution is -2.34. The van der Waals surface area contributed by atoms with E-state index in [1.54, 1.807) is 0 Å². The summed E-state index contributed by atoms with van der Waals surface area (Å²) in [5.74, 6) is 2.12. The molecule has 0 spiro atoms. The van der Waals surface area contributed by atoms with E-state index in [9.17, 15) is 0 Å². The van der Waals surface area contributed by atoms with Gasteiger partial charge in [0, 0.05) is 24.9 Å². The van der Waals surface area contributed by atoms with Crippen LogP contribution in [-0.2, 0) is 6.54 Å². The summed E-state index contributed by atoms with van der Waals surface area (Å²) < 4.78 is 5.82. The highest BCUT2D eigenvalue weighted by atomic mass is 32.2. The average molecular weight is 311 g/mol. The van der Waals surface area contributed by atoms with Gasteiger partial charge in [0.15, 0.2) is 0 Å². The van der Waals surface area contributed by atoms with Gasteiger partial charge in [-0.3, -0.25) is 4.90 Å². The number of nitrogens with one attached hydrogen (secondary N) is 1. The molecule has 1 aromatic carbocycles. The number of hydrogen-bond acceptors (Lipinski definition) is 4. The predicted octanol–water partition coefficient (Wildman–Crippen LogP) is 3.25. The number of ether oxygens (including phenoxy) is 1. The van der Waals surface area contributed by atoms with Gasteiger partial charge in [-0.2, -0.15) is 11.8 Å². The van der Waals surface area contributed by atoms with Gasteiger partial charge in [-0.25, -0.2) is 0 Å². The topological polar surface area (TPSA) is 24.5 Å². The lowest BCUT2D eigenvalue weighted by Gasteiger charge is -2.23. The third kappa shape index (κ3) is 7.74. The zero-order chi connectivity index (χ0) is 15.5. The molecule has 3 nitrogen and oxygen atoms in total. The molecule has 0 heterocycles. The maximum Gasteiger partial charge on any atom is 0.119 e. The van der Waals surface area contributed by atoms with Crippen molar-refractivity contribution < 1.29 is 4.74 Å². The first-order valence-corrected chi connectivity index (χ1v) is 9.18. The summed E-state index contributed by atoms with van der Waals surface area (Å²) in [5.41, 5.74) is 1.31. The number of nitrogens with zero attached hydrogens (tertiary/aromatic N) is 1. The molecule has 0 aliphatic carbocycles. The Morgan fingerprint density at radius 3 is 2.62 bits per heavy atom. The molecule has 0 saturated carbocycles. The van der Waals surface area contributed by atoms with Crippen molar-refractivity contribution in [2.75, 3.05) is 38.8 Å². The monoisotopic (exact) mass is 310 g/mol. The van der Waals surface area contributed by atoms with Crippen LogP contribution in [0.4, 0.5) is 0 Å². The molecule has 1 aromatic rings. The van der Waals surface area contributed by atoms with E-state index < -0.39 is 0 Å². The minimum atomic E-state index is 0.593. The van der Waals surface area contributed by atoms with Crippen molar-refractivity contribution in [3.8, 4) is 5.75 Å².